The molecule has 20 heavy (non-hydrogen) atoms. The molecule has 0 aliphatic heterocycles. The van der Waals surface area contributed by atoms with Gasteiger partial charge in [0.2, 0.25) is 5.95 Å². The van der Waals surface area contributed by atoms with Gasteiger partial charge in [0.1, 0.15) is 5.82 Å². The van der Waals surface area contributed by atoms with Crippen LogP contribution in [0, 0.1) is 18.3 Å². The van der Waals surface area contributed by atoms with Crippen LogP contribution in [0.1, 0.15) is 12.1 Å². The fourth-order valence-corrected chi connectivity index (χ4v) is 1.90. The number of hydrogen-bond acceptors (Lipinski definition) is 6. The van der Waals surface area contributed by atoms with E-state index in [0.717, 1.165) is 11.4 Å². The van der Waals surface area contributed by atoms with E-state index >= 15 is 0 Å². The molecule has 6 nitrogen and oxygen atoms in total. The van der Waals surface area contributed by atoms with Gasteiger partial charge in [-0.2, -0.15) is 10.2 Å². The lowest BCUT2D eigenvalue weighted by Gasteiger charge is -2.23. The van der Waals surface area contributed by atoms with E-state index in [0.29, 0.717) is 24.7 Å². The smallest absolute Gasteiger partial charge is 0.239 e. The van der Waals surface area contributed by atoms with Gasteiger partial charge in [0.25, 0.3) is 0 Å². The number of nitrogens with two attached hydrogens (primary N) is 1. The summed E-state index contributed by atoms with van der Waals surface area (Å²) >= 11 is 0. The number of aromatic nitrogens is 2. The van der Waals surface area contributed by atoms with Crippen molar-refractivity contribution in [1.82, 2.24) is 9.97 Å². The Morgan fingerprint density at radius 2 is 2.05 bits per heavy atom. The normalized spacial score (nSPS) is 9.85. The second kappa shape index (κ2) is 6.50. The van der Waals surface area contributed by atoms with Crippen LogP contribution in [-0.2, 0) is 0 Å². The number of rotatable bonds is 5. The Balaban J connectivity index is 2.41. The minimum absolute atomic E-state index is 0.359. The van der Waals surface area contributed by atoms with Crippen LogP contribution in [0.3, 0.4) is 0 Å². The number of nitrogen functional groups attached to an aromatic ring is 1. The van der Waals surface area contributed by atoms with Crippen molar-refractivity contribution >= 4 is 17.5 Å². The molecule has 0 unspecified atom stereocenters. The third-order valence-electron chi connectivity index (χ3n) is 2.76. The molecule has 0 atom stereocenters. The highest BCUT2D eigenvalue weighted by molar-refractivity contribution is 5.61. The predicted octanol–water partition coefficient (Wildman–Crippen LogP) is 2.12. The molecular formula is C14H16N6. The highest BCUT2D eigenvalue weighted by Gasteiger charge is 2.12. The van der Waals surface area contributed by atoms with Crippen molar-refractivity contribution < 1.29 is 0 Å². The fourth-order valence-electron chi connectivity index (χ4n) is 1.90. The Labute approximate surface area is 117 Å². The summed E-state index contributed by atoms with van der Waals surface area (Å²) < 4.78 is 0. The Kier molecular flexibility index (Phi) is 4.47. The molecule has 1 heterocycles. The zero-order valence-electron chi connectivity index (χ0n) is 11.2. The standard InChI is InChI=1S/C14H16N6/c1-11-10-13(18-14(17-11)19-16)20(9-5-8-15)12-6-3-2-4-7-12/h2-4,6-7,10H,5,9,16H2,1H3,(H,17,18,19). The zero-order chi connectivity index (χ0) is 14.4. The molecule has 0 spiro atoms. The van der Waals surface area contributed by atoms with Crippen molar-refractivity contribution in [2.24, 2.45) is 5.84 Å². The second-order valence-electron chi connectivity index (χ2n) is 4.23. The molecule has 0 saturated carbocycles. The summed E-state index contributed by atoms with van der Waals surface area (Å²) in [6, 6.07) is 13.8. The molecule has 1 aromatic carbocycles. The number of benzene rings is 1. The van der Waals surface area contributed by atoms with E-state index in [9.17, 15) is 0 Å². The van der Waals surface area contributed by atoms with Crippen molar-refractivity contribution in [3.05, 3.63) is 42.1 Å². The molecule has 2 rings (SSSR count). The van der Waals surface area contributed by atoms with Crippen molar-refractivity contribution in [1.29, 1.82) is 5.26 Å². The molecule has 2 aromatic rings. The van der Waals surface area contributed by atoms with Gasteiger partial charge in [0, 0.05) is 24.0 Å². The average Bonchev–Trinajstić information content (AvgIpc) is 2.48. The number of hydrogen-bond donors (Lipinski definition) is 2. The highest BCUT2D eigenvalue weighted by atomic mass is 15.3. The van der Waals surface area contributed by atoms with Crippen LogP contribution >= 0.6 is 0 Å². The SMILES string of the molecule is Cc1cc(N(CCC#N)c2ccccc2)nc(NN)n1. The maximum absolute atomic E-state index is 8.82. The molecule has 0 saturated heterocycles. The van der Waals surface area contributed by atoms with Gasteiger partial charge in [0.05, 0.1) is 12.5 Å². The number of nitrogens with zero attached hydrogens (tertiary/aromatic N) is 4. The Morgan fingerprint density at radius 3 is 2.70 bits per heavy atom. The third-order valence-corrected chi connectivity index (χ3v) is 2.76. The van der Waals surface area contributed by atoms with Crippen molar-refractivity contribution in [2.45, 2.75) is 13.3 Å². The van der Waals surface area contributed by atoms with Gasteiger partial charge >= 0.3 is 0 Å². The van der Waals surface area contributed by atoms with Crippen molar-refractivity contribution in [3.8, 4) is 6.07 Å². The van der Waals surface area contributed by atoms with Crippen molar-refractivity contribution in [2.75, 3.05) is 16.9 Å². The van der Waals surface area contributed by atoms with E-state index in [4.69, 9.17) is 11.1 Å². The number of nitrogens with one attached hydrogen (secondary N) is 1. The van der Waals surface area contributed by atoms with Crippen molar-refractivity contribution in [3.63, 3.8) is 0 Å². The van der Waals surface area contributed by atoms with Crippen LogP contribution < -0.4 is 16.2 Å². The van der Waals surface area contributed by atoms with Crippen LogP contribution in [0.4, 0.5) is 17.5 Å². The lowest BCUT2D eigenvalue weighted by Crippen LogP contribution is -2.21. The molecule has 1 aromatic heterocycles. The summed E-state index contributed by atoms with van der Waals surface area (Å²) in [4.78, 5) is 10.5. The number of hydrazine groups is 1. The number of aryl methyl sites for hydroxylation is 1. The first-order chi connectivity index (χ1) is 9.74. The Hall–Kier alpha value is -2.65. The summed E-state index contributed by atoms with van der Waals surface area (Å²) in [6.45, 7) is 2.43. The fraction of sp³-hybridized carbons (Fsp3) is 0.214. The first kappa shape index (κ1) is 13.8. The monoisotopic (exact) mass is 268 g/mol. The van der Waals surface area contributed by atoms with E-state index in [1.165, 1.54) is 0 Å². The van der Waals surface area contributed by atoms with Gasteiger partial charge in [-0.1, -0.05) is 18.2 Å². The van der Waals surface area contributed by atoms with Crippen LogP contribution in [-0.4, -0.2) is 16.5 Å². The minimum Gasteiger partial charge on any atom is -0.325 e. The van der Waals surface area contributed by atoms with Gasteiger partial charge in [-0.25, -0.2) is 10.8 Å². The maximum Gasteiger partial charge on any atom is 0.239 e. The quantitative estimate of drug-likeness (QED) is 0.637. The highest BCUT2D eigenvalue weighted by Crippen LogP contribution is 2.24. The summed E-state index contributed by atoms with van der Waals surface area (Å²) in [5.41, 5.74) is 4.24. The molecule has 0 fully saturated rings. The van der Waals surface area contributed by atoms with E-state index in [1.807, 2.05) is 48.2 Å². The third kappa shape index (κ3) is 3.22. The molecule has 6 heteroatoms. The van der Waals surface area contributed by atoms with Gasteiger partial charge < -0.3 is 4.90 Å². The molecule has 0 radical (unpaired) electrons. The summed E-state index contributed by atoms with van der Waals surface area (Å²) in [5, 5.41) is 8.82. The van der Waals surface area contributed by atoms with Gasteiger partial charge in [0.15, 0.2) is 0 Å². The zero-order valence-corrected chi connectivity index (χ0v) is 11.2. The summed E-state index contributed by atoms with van der Waals surface area (Å²) in [7, 11) is 0. The molecular weight excluding hydrogens is 252 g/mol. The van der Waals surface area contributed by atoms with Crippen LogP contribution in [0.15, 0.2) is 36.4 Å². The largest absolute Gasteiger partial charge is 0.325 e. The lowest BCUT2D eigenvalue weighted by molar-refractivity contribution is 0.914. The molecule has 0 bridgehead atoms. The maximum atomic E-state index is 8.82. The Morgan fingerprint density at radius 1 is 1.30 bits per heavy atom. The molecule has 0 aliphatic rings. The van der Waals surface area contributed by atoms with Crippen LogP contribution in [0.2, 0.25) is 0 Å². The predicted molar refractivity (Wildman–Crippen MR) is 78.3 cm³/mol. The summed E-state index contributed by atoms with van der Waals surface area (Å²) in [6.07, 6.45) is 0.406. The van der Waals surface area contributed by atoms with E-state index < -0.39 is 0 Å². The molecule has 0 amide bonds. The lowest BCUT2D eigenvalue weighted by atomic mass is 10.2. The van der Waals surface area contributed by atoms with Crippen LogP contribution in [0.5, 0.6) is 0 Å². The first-order valence-corrected chi connectivity index (χ1v) is 6.26. The van der Waals surface area contributed by atoms with E-state index in [-0.39, 0.29) is 0 Å². The number of para-hydroxylation sites is 1. The first-order valence-electron chi connectivity index (χ1n) is 6.26. The minimum atomic E-state index is 0.359. The average molecular weight is 268 g/mol. The van der Waals surface area contributed by atoms with Gasteiger partial charge in [-0.15, -0.1) is 0 Å². The Bertz CT molecular complexity index is 605. The second-order valence-corrected chi connectivity index (χ2v) is 4.23. The number of nitriles is 1. The summed E-state index contributed by atoms with van der Waals surface area (Å²) in [5.74, 6) is 6.45. The van der Waals surface area contributed by atoms with Gasteiger partial charge in [-0.3, -0.25) is 5.43 Å². The van der Waals surface area contributed by atoms with E-state index in [1.54, 1.807) is 0 Å². The topological polar surface area (TPSA) is 90.9 Å². The number of anilines is 3. The molecule has 0 aliphatic carbocycles. The molecule has 102 valence electrons. The molecule has 3 N–H and O–H groups in total. The van der Waals surface area contributed by atoms with E-state index in [2.05, 4.69) is 21.5 Å². The van der Waals surface area contributed by atoms with Gasteiger partial charge in [-0.05, 0) is 19.1 Å². The van der Waals surface area contributed by atoms with Crippen LogP contribution in [0.25, 0.3) is 0 Å².